The number of unbranched alkanes of at least 4 members (excludes halogenated alkanes) is 2. The maximum Gasteiger partial charge on any atom is 0.426 e. The van der Waals surface area contributed by atoms with Gasteiger partial charge in [-0.1, -0.05) is 68.3 Å². The quantitative estimate of drug-likeness (QED) is 0.116. The van der Waals surface area contributed by atoms with E-state index < -0.39 is 29.4 Å². The number of benzene rings is 5. The van der Waals surface area contributed by atoms with Crippen molar-refractivity contribution < 1.29 is 31.1 Å². The molecule has 0 saturated heterocycles. The highest BCUT2D eigenvalue weighted by atomic mass is 19.3. The van der Waals surface area contributed by atoms with Crippen LogP contribution in [0.4, 0.5) is 26.3 Å². The van der Waals surface area contributed by atoms with Crippen LogP contribution in [0.1, 0.15) is 37.3 Å². The third-order valence-corrected chi connectivity index (χ3v) is 7.26. The number of alkyl halides is 2. The van der Waals surface area contributed by atoms with Gasteiger partial charge in [0, 0.05) is 22.8 Å². The summed E-state index contributed by atoms with van der Waals surface area (Å²) >= 11 is 0. The Bertz CT molecular complexity index is 1710. The van der Waals surface area contributed by atoms with Crippen molar-refractivity contribution >= 4 is 0 Å². The highest BCUT2D eigenvalue weighted by Gasteiger charge is 2.34. The van der Waals surface area contributed by atoms with Gasteiger partial charge in [-0.15, -0.1) is 0 Å². The summed E-state index contributed by atoms with van der Waals surface area (Å²) in [5, 5.41) is 0. The smallest absolute Gasteiger partial charge is 0.426 e. The first kappa shape index (κ1) is 30.0. The Hall–Kier alpha value is -4.52. The Morgan fingerprint density at radius 2 is 1.07 bits per heavy atom. The van der Waals surface area contributed by atoms with Gasteiger partial charge in [-0.05, 0) is 83.6 Å². The highest BCUT2D eigenvalue weighted by Crippen LogP contribution is 2.36. The average molecular weight is 591 g/mol. The van der Waals surface area contributed by atoms with E-state index in [4.69, 9.17) is 4.74 Å². The monoisotopic (exact) mass is 590 g/mol. The predicted molar refractivity (Wildman–Crippen MR) is 157 cm³/mol. The van der Waals surface area contributed by atoms with Gasteiger partial charge in [0.25, 0.3) is 0 Å². The van der Waals surface area contributed by atoms with Crippen molar-refractivity contribution in [3.8, 4) is 39.1 Å². The number of halogens is 6. The molecule has 0 fully saturated rings. The summed E-state index contributed by atoms with van der Waals surface area (Å²) in [5.41, 5.74) is 1.80. The number of hydrogen-bond acceptors (Lipinski definition) is 1. The molecule has 0 atom stereocenters. The molecule has 0 aromatic heterocycles. The van der Waals surface area contributed by atoms with Crippen LogP contribution >= 0.6 is 0 Å². The van der Waals surface area contributed by atoms with Crippen molar-refractivity contribution in [2.75, 3.05) is 0 Å². The lowest BCUT2D eigenvalue weighted by Gasteiger charge is -2.19. The van der Waals surface area contributed by atoms with Gasteiger partial charge in [0.05, 0.1) is 5.56 Å². The molecule has 0 radical (unpaired) electrons. The van der Waals surface area contributed by atoms with Gasteiger partial charge < -0.3 is 4.74 Å². The molecule has 0 aliphatic heterocycles. The van der Waals surface area contributed by atoms with Crippen LogP contribution in [-0.4, -0.2) is 0 Å². The van der Waals surface area contributed by atoms with Gasteiger partial charge in [-0.3, -0.25) is 0 Å². The molecule has 0 aliphatic rings. The summed E-state index contributed by atoms with van der Waals surface area (Å²) in [6.45, 7) is 2.09. The number of rotatable bonds is 10. The molecular weight excluding hydrogens is 562 g/mol. The first-order chi connectivity index (χ1) is 20.6. The van der Waals surface area contributed by atoms with Crippen LogP contribution in [0, 0.1) is 23.3 Å². The van der Waals surface area contributed by atoms with Crippen LogP contribution < -0.4 is 4.74 Å². The maximum atomic E-state index is 15.1. The molecule has 0 aliphatic carbocycles. The first-order valence-electron chi connectivity index (χ1n) is 14.0. The molecule has 0 unspecified atom stereocenters. The summed E-state index contributed by atoms with van der Waals surface area (Å²) in [6.07, 6.45) is 0.218. The minimum Gasteiger partial charge on any atom is -0.429 e. The van der Waals surface area contributed by atoms with Gasteiger partial charge in [0.1, 0.15) is 29.0 Å². The molecule has 5 aromatic carbocycles. The molecule has 5 aromatic rings. The van der Waals surface area contributed by atoms with Crippen LogP contribution in [0.15, 0.2) is 103 Å². The second-order valence-electron chi connectivity index (χ2n) is 10.3. The lowest BCUT2D eigenvalue weighted by Crippen LogP contribution is -2.22. The molecule has 1 nitrogen and oxygen atoms in total. The van der Waals surface area contributed by atoms with Crippen molar-refractivity contribution in [3.63, 3.8) is 0 Å². The third kappa shape index (κ3) is 6.94. The number of aryl methyl sites for hydroxylation is 1. The third-order valence-electron chi connectivity index (χ3n) is 7.26. The van der Waals surface area contributed by atoms with Crippen LogP contribution in [-0.2, 0) is 12.5 Å². The molecule has 0 saturated carbocycles. The first-order valence-corrected chi connectivity index (χ1v) is 14.0. The van der Waals surface area contributed by atoms with E-state index in [1.165, 1.54) is 78.9 Å². The van der Waals surface area contributed by atoms with Crippen molar-refractivity contribution in [1.29, 1.82) is 0 Å². The summed E-state index contributed by atoms with van der Waals surface area (Å²) < 4.78 is 92.8. The molecule has 0 amide bonds. The van der Waals surface area contributed by atoms with E-state index in [0.29, 0.717) is 5.56 Å². The summed E-state index contributed by atoms with van der Waals surface area (Å²) in [5.74, 6) is -3.05. The van der Waals surface area contributed by atoms with E-state index in [9.17, 15) is 17.6 Å². The van der Waals surface area contributed by atoms with E-state index >= 15 is 8.78 Å². The standard InChI is InChI=1S/C36H28F6O/c1-2-3-4-5-23-6-12-27(13-7-23)36(41,42)43-29-16-19-32(35(40)22-29)26-11-18-31(34(39)21-26)25-10-17-30(33(38)20-25)24-8-14-28(37)15-9-24/h6-22H,2-5H2,1H3. The number of hydrogen-bond donors (Lipinski definition) is 0. The molecule has 0 bridgehead atoms. The van der Waals surface area contributed by atoms with Crippen LogP contribution in [0.5, 0.6) is 5.75 Å². The largest absolute Gasteiger partial charge is 0.429 e. The molecule has 220 valence electrons. The van der Waals surface area contributed by atoms with E-state index in [-0.39, 0.29) is 39.1 Å². The van der Waals surface area contributed by atoms with E-state index in [1.54, 1.807) is 12.1 Å². The fourth-order valence-corrected chi connectivity index (χ4v) is 4.91. The van der Waals surface area contributed by atoms with Crippen LogP contribution in [0.2, 0.25) is 0 Å². The van der Waals surface area contributed by atoms with Crippen molar-refractivity contribution in [3.05, 3.63) is 138 Å². The van der Waals surface area contributed by atoms with E-state index in [2.05, 4.69) is 6.92 Å². The minimum absolute atomic E-state index is 0.0182. The van der Waals surface area contributed by atoms with E-state index in [0.717, 1.165) is 43.4 Å². The molecular formula is C36H28F6O. The zero-order chi connectivity index (χ0) is 30.6. The Morgan fingerprint density at radius 3 is 1.60 bits per heavy atom. The summed E-state index contributed by atoms with van der Waals surface area (Å²) in [4.78, 5) is 0. The zero-order valence-electron chi connectivity index (χ0n) is 23.3. The molecule has 0 spiro atoms. The highest BCUT2D eigenvalue weighted by molar-refractivity contribution is 5.74. The Balaban J connectivity index is 1.31. The van der Waals surface area contributed by atoms with Gasteiger partial charge in [-0.2, -0.15) is 8.78 Å². The fraction of sp³-hybridized carbons (Fsp3) is 0.167. The van der Waals surface area contributed by atoms with Crippen molar-refractivity contribution in [2.24, 2.45) is 0 Å². The Labute approximate surface area is 246 Å². The lowest BCUT2D eigenvalue weighted by molar-refractivity contribution is -0.185. The maximum absolute atomic E-state index is 15.1. The molecule has 43 heavy (non-hydrogen) atoms. The minimum atomic E-state index is -3.69. The predicted octanol–water partition coefficient (Wildman–Crippen LogP) is 11.1. The van der Waals surface area contributed by atoms with Crippen LogP contribution in [0.3, 0.4) is 0 Å². The fourth-order valence-electron chi connectivity index (χ4n) is 4.91. The van der Waals surface area contributed by atoms with E-state index in [1.807, 2.05) is 0 Å². The average Bonchev–Trinajstić information content (AvgIpc) is 2.98. The van der Waals surface area contributed by atoms with Gasteiger partial charge in [-0.25, -0.2) is 17.6 Å². The Morgan fingerprint density at radius 1 is 0.558 bits per heavy atom. The zero-order valence-corrected chi connectivity index (χ0v) is 23.3. The summed E-state index contributed by atoms with van der Waals surface area (Å²) in [6, 6.07) is 22.6. The number of ether oxygens (including phenoxy) is 1. The SMILES string of the molecule is CCCCCc1ccc(C(F)(F)Oc2ccc(-c3ccc(-c4ccc(-c5ccc(F)cc5)c(F)c4)c(F)c3)c(F)c2)cc1. The van der Waals surface area contributed by atoms with Gasteiger partial charge >= 0.3 is 6.11 Å². The molecule has 5 rings (SSSR count). The lowest BCUT2D eigenvalue weighted by atomic mass is 9.97. The molecule has 7 heteroatoms. The normalized spacial score (nSPS) is 11.5. The molecule has 0 heterocycles. The van der Waals surface area contributed by atoms with Crippen molar-refractivity contribution in [1.82, 2.24) is 0 Å². The van der Waals surface area contributed by atoms with Crippen molar-refractivity contribution in [2.45, 2.75) is 38.7 Å². The topological polar surface area (TPSA) is 9.23 Å². The van der Waals surface area contributed by atoms with Crippen LogP contribution in [0.25, 0.3) is 33.4 Å². The second kappa shape index (κ2) is 12.8. The van der Waals surface area contributed by atoms with Gasteiger partial charge in [0.15, 0.2) is 0 Å². The second-order valence-corrected chi connectivity index (χ2v) is 10.3. The van der Waals surface area contributed by atoms with Gasteiger partial charge in [0.2, 0.25) is 0 Å². The molecule has 0 N–H and O–H groups in total. The Kier molecular flexibility index (Phi) is 8.90. The summed E-state index contributed by atoms with van der Waals surface area (Å²) in [7, 11) is 0.